The molecule has 0 saturated carbocycles. The topological polar surface area (TPSA) is 18.5 Å². The van der Waals surface area contributed by atoms with Crippen molar-refractivity contribution in [3.8, 4) is 0 Å². The summed E-state index contributed by atoms with van der Waals surface area (Å²) in [6.07, 6.45) is 0.0520. The zero-order valence-electron chi connectivity index (χ0n) is 8.08. The SMILES string of the molecule is CC(C)C(C)SCC1OCCO1. The second-order valence-electron chi connectivity index (χ2n) is 3.45. The third-order valence-corrected chi connectivity index (χ3v) is 3.66. The Bertz CT molecular complexity index is 120. The Balaban J connectivity index is 2.07. The van der Waals surface area contributed by atoms with Gasteiger partial charge in [-0.3, -0.25) is 0 Å². The summed E-state index contributed by atoms with van der Waals surface area (Å²) in [5.41, 5.74) is 0. The van der Waals surface area contributed by atoms with Crippen LogP contribution in [0.25, 0.3) is 0 Å². The molecule has 1 rings (SSSR count). The molecule has 0 amide bonds. The van der Waals surface area contributed by atoms with Crippen LogP contribution in [0.1, 0.15) is 20.8 Å². The maximum absolute atomic E-state index is 5.34. The minimum absolute atomic E-state index is 0.0520. The second kappa shape index (κ2) is 5.10. The van der Waals surface area contributed by atoms with E-state index in [0.717, 1.165) is 24.9 Å². The first-order valence-electron chi connectivity index (χ1n) is 4.55. The van der Waals surface area contributed by atoms with E-state index in [1.165, 1.54) is 0 Å². The number of hydrogen-bond acceptors (Lipinski definition) is 3. The summed E-state index contributed by atoms with van der Waals surface area (Å²) >= 11 is 1.93. The van der Waals surface area contributed by atoms with Crippen molar-refractivity contribution in [3.05, 3.63) is 0 Å². The molecule has 0 aromatic rings. The maximum Gasteiger partial charge on any atom is 0.166 e. The van der Waals surface area contributed by atoms with Gasteiger partial charge in [0, 0.05) is 11.0 Å². The van der Waals surface area contributed by atoms with Gasteiger partial charge in [0.2, 0.25) is 0 Å². The van der Waals surface area contributed by atoms with Gasteiger partial charge in [0.1, 0.15) is 0 Å². The molecule has 1 fully saturated rings. The minimum atomic E-state index is 0.0520. The van der Waals surface area contributed by atoms with E-state index in [-0.39, 0.29) is 6.29 Å². The first-order valence-corrected chi connectivity index (χ1v) is 5.60. The van der Waals surface area contributed by atoms with Crippen LogP contribution in [0.15, 0.2) is 0 Å². The standard InChI is InChI=1S/C9H18O2S/c1-7(2)8(3)12-6-9-10-4-5-11-9/h7-9H,4-6H2,1-3H3. The lowest BCUT2D eigenvalue weighted by molar-refractivity contribution is -0.0215. The summed E-state index contributed by atoms with van der Waals surface area (Å²) in [4.78, 5) is 0. The Morgan fingerprint density at radius 3 is 2.33 bits per heavy atom. The minimum Gasteiger partial charge on any atom is -0.349 e. The summed E-state index contributed by atoms with van der Waals surface area (Å²) < 4.78 is 10.7. The van der Waals surface area contributed by atoms with Gasteiger partial charge < -0.3 is 9.47 Å². The van der Waals surface area contributed by atoms with Crippen molar-refractivity contribution < 1.29 is 9.47 Å². The first-order chi connectivity index (χ1) is 5.70. The summed E-state index contributed by atoms with van der Waals surface area (Å²) in [5.74, 6) is 1.70. The normalized spacial score (nSPS) is 22.0. The Hall–Kier alpha value is 0.270. The molecule has 72 valence electrons. The molecule has 0 aromatic heterocycles. The first kappa shape index (κ1) is 10.4. The summed E-state index contributed by atoms with van der Waals surface area (Å²) in [6, 6.07) is 0. The molecule has 1 saturated heterocycles. The van der Waals surface area contributed by atoms with E-state index in [9.17, 15) is 0 Å². The van der Waals surface area contributed by atoms with Gasteiger partial charge in [0.05, 0.1) is 13.2 Å². The van der Waals surface area contributed by atoms with Crippen LogP contribution in [-0.2, 0) is 9.47 Å². The van der Waals surface area contributed by atoms with Crippen LogP contribution < -0.4 is 0 Å². The number of hydrogen-bond donors (Lipinski definition) is 0. The van der Waals surface area contributed by atoms with Gasteiger partial charge in [-0.2, -0.15) is 11.8 Å². The highest BCUT2D eigenvalue weighted by Crippen LogP contribution is 2.21. The van der Waals surface area contributed by atoms with E-state index in [0.29, 0.717) is 5.25 Å². The van der Waals surface area contributed by atoms with E-state index >= 15 is 0 Å². The summed E-state index contributed by atoms with van der Waals surface area (Å²) in [5, 5.41) is 0.692. The molecule has 0 bridgehead atoms. The van der Waals surface area contributed by atoms with Gasteiger partial charge in [0.15, 0.2) is 6.29 Å². The lowest BCUT2D eigenvalue weighted by atomic mass is 10.2. The molecule has 3 heteroatoms. The average molecular weight is 190 g/mol. The van der Waals surface area contributed by atoms with Crippen LogP contribution in [0, 0.1) is 5.92 Å². The quantitative estimate of drug-likeness (QED) is 0.676. The van der Waals surface area contributed by atoms with Crippen molar-refractivity contribution in [2.24, 2.45) is 5.92 Å². The fourth-order valence-corrected chi connectivity index (χ4v) is 1.96. The predicted molar refractivity (Wildman–Crippen MR) is 52.5 cm³/mol. The molecule has 1 aliphatic heterocycles. The van der Waals surface area contributed by atoms with Gasteiger partial charge in [-0.05, 0) is 5.92 Å². The molecule has 1 aliphatic rings. The van der Waals surface area contributed by atoms with Gasteiger partial charge >= 0.3 is 0 Å². The number of thioether (sulfide) groups is 1. The van der Waals surface area contributed by atoms with Crippen molar-refractivity contribution >= 4 is 11.8 Å². The van der Waals surface area contributed by atoms with E-state index in [4.69, 9.17) is 9.47 Å². The zero-order valence-corrected chi connectivity index (χ0v) is 8.89. The van der Waals surface area contributed by atoms with E-state index in [2.05, 4.69) is 20.8 Å². The fraction of sp³-hybridized carbons (Fsp3) is 1.00. The van der Waals surface area contributed by atoms with E-state index in [1.54, 1.807) is 0 Å². The average Bonchev–Trinajstić information content (AvgIpc) is 2.51. The highest BCUT2D eigenvalue weighted by atomic mass is 32.2. The number of rotatable bonds is 4. The Labute approximate surface area is 79.0 Å². The lowest BCUT2D eigenvalue weighted by Gasteiger charge is -2.16. The highest BCUT2D eigenvalue weighted by Gasteiger charge is 2.17. The van der Waals surface area contributed by atoms with Gasteiger partial charge in [-0.15, -0.1) is 0 Å². The third-order valence-electron chi connectivity index (χ3n) is 2.12. The van der Waals surface area contributed by atoms with E-state index in [1.807, 2.05) is 11.8 Å². The monoisotopic (exact) mass is 190 g/mol. The number of ether oxygens (including phenoxy) is 2. The van der Waals surface area contributed by atoms with Crippen LogP contribution in [0.5, 0.6) is 0 Å². The van der Waals surface area contributed by atoms with Crippen molar-refractivity contribution in [3.63, 3.8) is 0 Å². The van der Waals surface area contributed by atoms with Crippen LogP contribution in [-0.4, -0.2) is 30.5 Å². The Kier molecular flexibility index (Phi) is 4.40. The molecule has 0 N–H and O–H groups in total. The maximum atomic E-state index is 5.34. The zero-order chi connectivity index (χ0) is 8.97. The van der Waals surface area contributed by atoms with Crippen LogP contribution >= 0.6 is 11.8 Å². The molecule has 0 spiro atoms. The Morgan fingerprint density at radius 1 is 1.25 bits per heavy atom. The molecular formula is C9H18O2S. The third kappa shape index (κ3) is 3.33. The van der Waals surface area contributed by atoms with Crippen LogP contribution in [0.2, 0.25) is 0 Å². The highest BCUT2D eigenvalue weighted by molar-refractivity contribution is 7.99. The van der Waals surface area contributed by atoms with Gasteiger partial charge in [-0.25, -0.2) is 0 Å². The van der Waals surface area contributed by atoms with Crippen molar-refractivity contribution in [2.45, 2.75) is 32.3 Å². The second-order valence-corrected chi connectivity index (χ2v) is 4.86. The molecule has 2 nitrogen and oxygen atoms in total. The van der Waals surface area contributed by atoms with Crippen LogP contribution in [0.4, 0.5) is 0 Å². The molecule has 12 heavy (non-hydrogen) atoms. The molecule has 0 aliphatic carbocycles. The van der Waals surface area contributed by atoms with E-state index < -0.39 is 0 Å². The van der Waals surface area contributed by atoms with Gasteiger partial charge in [-0.1, -0.05) is 20.8 Å². The molecule has 0 aromatic carbocycles. The molecular weight excluding hydrogens is 172 g/mol. The van der Waals surface area contributed by atoms with Crippen molar-refractivity contribution in [2.75, 3.05) is 19.0 Å². The summed E-state index contributed by atoms with van der Waals surface area (Å²) in [6.45, 7) is 8.27. The van der Waals surface area contributed by atoms with Crippen LogP contribution in [0.3, 0.4) is 0 Å². The van der Waals surface area contributed by atoms with Gasteiger partial charge in [0.25, 0.3) is 0 Å². The lowest BCUT2D eigenvalue weighted by Crippen LogP contribution is -2.15. The summed E-state index contributed by atoms with van der Waals surface area (Å²) in [7, 11) is 0. The molecule has 1 atom stereocenters. The molecule has 0 radical (unpaired) electrons. The Morgan fingerprint density at radius 2 is 1.83 bits per heavy atom. The molecule has 1 heterocycles. The fourth-order valence-electron chi connectivity index (χ4n) is 0.926. The van der Waals surface area contributed by atoms with Crippen molar-refractivity contribution in [1.82, 2.24) is 0 Å². The largest absolute Gasteiger partial charge is 0.349 e. The van der Waals surface area contributed by atoms with Crippen molar-refractivity contribution in [1.29, 1.82) is 0 Å². The molecule has 1 unspecified atom stereocenters. The smallest absolute Gasteiger partial charge is 0.166 e. The predicted octanol–water partition coefficient (Wildman–Crippen LogP) is 2.14.